The van der Waals surface area contributed by atoms with E-state index in [0.717, 1.165) is 13.1 Å². The molecule has 13 heteroatoms. The van der Waals surface area contributed by atoms with Crippen LogP contribution in [-0.2, 0) is 4.79 Å². The molecule has 0 aliphatic carbocycles. The average molecular weight is 528 g/mol. The number of nitrogens with zero attached hydrogens (tertiary/aromatic N) is 6. The van der Waals surface area contributed by atoms with E-state index in [-0.39, 0.29) is 19.0 Å². The van der Waals surface area contributed by atoms with Crippen LogP contribution in [-0.4, -0.2) is 108 Å². The van der Waals surface area contributed by atoms with Crippen molar-refractivity contribution in [2.45, 2.75) is 25.4 Å². The zero-order valence-corrected chi connectivity index (χ0v) is 21.8. The number of halogens is 1. The molecule has 0 aromatic carbocycles. The molecule has 0 spiro atoms. The van der Waals surface area contributed by atoms with E-state index in [1.807, 2.05) is 7.05 Å². The van der Waals surface area contributed by atoms with Crippen LogP contribution in [0.5, 0.6) is 0 Å². The highest BCUT2D eigenvalue weighted by atomic mass is 19.1. The summed E-state index contributed by atoms with van der Waals surface area (Å²) >= 11 is 0. The van der Waals surface area contributed by atoms with E-state index in [9.17, 15) is 18.9 Å². The maximum Gasteiger partial charge on any atom is 0.272 e. The number of piperazine rings is 1. The van der Waals surface area contributed by atoms with Crippen molar-refractivity contribution in [1.29, 1.82) is 0 Å². The quantitative estimate of drug-likeness (QED) is 0.441. The number of hydrogen-bond acceptors (Lipinski definition) is 10. The fourth-order valence-corrected chi connectivity index (χ4v) is 4.93. The van der Waals surface area contributed by atoms with Crippen molar-refractivity contribution >= 4 is 17.5 Å². The molecule has 204 valence electrons. The van der Waals surface area contributed by atoms with Crippen molar-refractivity contribution in [1.82, 2.24) is 30.0 Å². The van der Waals surface area contributed by atoms with Gasteiger partial charge in [-0.25, -0.2) is 9.37 Å². The number of anilines is 1. The van der Waals surface area contributed by atoms with Gasteiger partial charge in [0, 0.05) is 62.3 Å². The maximum absolute atomic E-state index is 13.8. The van der Waals surface area contributed by atoms with Crippen molar-refractivity contribution in [3.8, 4) is 11.1 Å². The third kappa shape index (κ3) is 6.01. The van der Waals surface area contributed by atoms with Gasteiger partial charge < -0.3 is 20.9 Å². The average Bonchev–Trinajstić information content (AvgIpc) is 2.90. The summed E-state index contributed by atoms with van der Waals surface area (Å²) in [5.41, 5.74) is 8.61. The van der Waals surface area contributed by atoms with Gasteiger partial charge in [0.2, 0.25) is 5.91 Å². The van der Waals surface area contributed by atoms with E-state index in [2.05, 4.69) is 30.7 Å². The number of likely N-dealkylation sites (N-methyl/N-ethyl adjacent to an activating group) is 1. The number of carbonyl (C=O) groups is 2. The molecule has 0 saturated carbocycles. The van der Waals surface area contributed by atoms with Crippen molar-refractivity contribution in [2.75, 3.05) is 58.7 Å². The van der Waals surface area contributed by atoms with Gasteiger partial charge in [0.15, 0.2) is 6.17 Å². The number of pyridine rings is 2. The lowest BCUT2D eigenvalue weighted by molar-refractivity contribution is -0.124. The molecule has 12 nitrogen and oxygen atoms in total. The van der Waals surface area contributed by atoms with Crippen LogP contribution in [0.1, 0.15) is 16.2 Å². The lowest BCUT2D eigenvalue weighted by atomic mass is 9.97. The summed E-state index contributed by atoms with van der Waals surface area (Å²) in [6.45, 7) is 4.84. The van der Waals surface area contributed by atoms with Crippen LogP contribution in [0.3, 0.4) is 0 Å². The van der Waals surface area contributed by atoms with Crippen molar-refractivity contribution in [3.63, 3.8) is 0 Å². The summed E-state index contributed by atoms with van der Waals surface area (Å²) in [4.78, 5) is 52.0. The summed E-state index contributed by atoms with van der Waals surface area (Å²) in [5, 5.41) is 8.66. The summed E-state index contributed by atoms with van der Waals surface area (Å²) in [5.74, 6) is -1.75. The second kappa shape index (κ2) is 12.0. The first-order chi connectivity index (χ1) is 18.2. The normalized spacial score (nSPS) is 22.5. The molecule has 0 radical (unpaired) electrons. The van der Waals surface area contributed by atoms with Crippen molar-refractivity contribution < 1.29 is 14.0 Å². The Kier molecular flexibility index (Phi) is 8.72. The summed E-state index contributed by atoms with van der Waals surface area (Å²) in [6.07, 6.45) is -0.0657. The van der Waals surface area contributed by atoms with Gasteiger partial charge in [0.25, 0.3) is 5.91 Å². The van der Waals surface area contributed by atoms with Gasteiger partial charge in [-0.2, -0.15) is 0 Å². The topological polar surface area (TPSA) is 149 Å². The van der Waals surface area contributed by atoms with E-state index in [0.29, 0.717) is 41.3 Å². The molecule has 2 aromatic heterocycles. The molecule has 4 atom stereocenters. The Bertz CT molecular complexity index is 1170. The maximum atomic E-state index is 13.8. The zero-order chi connectivity index (χ0) is 27.4. The molecule has 2 aliphatic heterocycles. The standard InChI is InChI=1S/C25H34FN9O3/c1-15-17(4-5-19(30-15)25(37)35-10-8-33(2)9-11-35)18-6-7-28-13-20(18)31-24(36)21(22(27)32-38)23-29-12-16(26)14-34(23)3/h4-7,13,16,21-23,29H,8-12,14,27H2,1-3H3,(H,31,36). The minimum Gasteiger partial charge on any atom is -0.335 e. The van der Waals surface area contributed by atoms with Crippen LogP contribution in [0.2, 0.25) is 0 Å². The SMILES string of the molecule is Cc1nc(C(=O)N2CCN(C)CC2)ccc1-c1ccncc1NC(=O)C(C(N)N=O)C1NCC(F)CN1C. The second-order valence-corrected chi connectivity index (χ2v) is 9.85. The number of aryl methyl sites for hydroxylation is 1. The monoisotopic (exact) mass is 527 g/mol. The Balaban J connectivity index is 1.56. The number of nitroso groups, excluding NO2 is 1. The van der Waals surface area contributed by atoms with Gasteiger partial charge in [-0.05, 0) is 33.2 Å². The van der Waals surface area contributed by atoms with Crippen LogP contribution < -0.4 is 16.4 Å². The third-order valence-electron chi connectivity index (χ3n) is 7.11. The Morgan fingerprint density at radius 2 is 1.92 bits per heavy atom. The minimum atomic E-state index is -1.35. The van der Waals surface area contributed by atoms with Gasteiger partial charge in [-0.15, -0.1) is 4.91 Å². The predicted molar refractivity (Wildman–Crippen MR) is 141 cm³/mol. The van der Waals surface area contributed by atoms with E-state index in [4.69, 9.17) is 5.73 Å². The van der Waals surface area contributed by atoms with Crippen molar-refractivity contribution in [2.24, 2.45) is 16.8 Å². The summed E-state index contributed by atoms with van der Waals surface area (Å²) in [6, 6.07) is 5.20. The van der Waals surface area contributed by atoms with Crippen LogP contribution in [0.15, 0.2) is 35.8 Å². The number of alkyl halides is 1. The summed E-state index contributed by atoms with van der Waals surface area (Å²) < 4.78 is 13.8. The number of aromatic nitrogens is 2. The Hall–Kier alpha value is -3.39. The minimum absolute atomic E-state index is 0.0343. The molecule has 4 unspecified atom stereocenters. The van der Waals surface area contributed by atoms with E-state index in [1.165, 1.54) is 6.20 Å². The molecule has 4 N–H and O–H groups in total. The molecule has 2 amide bonds. The van der Waals surface area contributed by atoms with Crippen molar-refractivity contribution in [3.05, 3.63) is 46.9 Å². The molecule has 2 saturated heterocycles. The molecule has 4 rings (SSSR count). The van der Waals surface area contributed by atoms with Crippen LogP contribution in [0.4, 0.5) is 10.1 Å². The van der Waals surface area contributed by atoms with Crippen LogP contribution in [0.25, 0.3) is 11.1 Å². The molecule has 2 fully saturated rings. The molecule has 4 heterocycles. The van der Waals surface area contributed by atoms with E-state index >= 15 is 0 Å². The lowest BCUT2D eigenvalue weighted by Gasteiger charge is -2.39. The molecule has 0 bridgehead atoms. The smallest absolute Gasteiger partial charge is 0.272 e. The van der Waals surface area contributed by atoms with Gasteiger partial charge in [0.05, 0.1) is 18.1 Å². The number of carbonyl (C=O) groups excluding carboxylic acids is 2. The second-order valence-electron chi connectivity index (χ2n) is 9.85. The van der Waals surface area contributed by atoms with Crippen LogP contribution in [0, 0.1) is 17.7 Å². The highest BCUT2D eigenvalue weighted by molar-refractivity contribution is 5.98. The molecule has 2 aliphatic rings. The van der Waals surface area contributed by atoms with Gasteiger partial charge in [-0.1, -0.05) is 11.2 Å². The van der Waals surface area contributed by atoms with Gasteiger partial charge in [-0.3, -0.25) is 24.8 Å². The predicted octanol–water partition coefficient (Wildman–Crippen LogP) is 0.645. The Morgan fingerprint density at radius 1 is 1.18 bits per heavy atom. The summed E-state index contributed by atoms with van der Waals surface area (Å²) in [7, 11) is 3.68. The first-order valence-electron chi connectivity index (χ1n) is 12.6. The van der Waals surface area contributed by atoms with E-state index in [1.54, 1.807) is 48.2 Å². The first kappa shape index (κ1) is 27.6. The highest BCUT2D eigenvalue weighted by Gasteiger charge is 2.40. The fourth-order valence-electron chi connectivity index (χ4n) is 4.93. The Labute approximate surface area is 220 Å². The fraction of sp³-hybridized carbons (Fsp3) is 0.520. The number of hydrogen-bond donors (Lipinski definition) is 3. The highest BCUT2D eigenvalue weighted by Crippen LogP contribution is 2.30. The number of nitrogens with one attached hydrogen (secondary N) is 2. The molecule has 2 aromatic rings. The van der Waals surface area contributed by atoms with Crippen LogP contribution >= 0.6 is 0 Å². The van der Waals surface area contributed by atoms with Gasteiger partial charge >= 0.3 is 0 Å². The zero-order valence-electron chi connectivity index (χ0n) is 21.8. The van der Waals surface area contributed by atoms with Gasteiger partial charge in [0.1, 0.15) is 17.8 Å². The first-order valence-corrected chi connectivity index (χ1v) is 12.6. The molecular weight excluding hydrogens is 493 g/mol. The number of amides is 2. The number of nitrogens with two attached hydrogens (primary N) is 1. The molecule has 38 heavy (non-hydrogen) atoms. The Morgan fingerprint density at radius 3 is 2.58 bits per heavy atom. The lowest BCUT2D eigenvalue weighted by Crippen LogP contribution is -2.62. The van der Waals surface area contributed by atoms with E-state index < -0.39 is 30.3 Å². The third-order valence-corrected chi connectivity index (χ3v) is 7.11. The molecular formula is C25H34FN9O3. The largest absolute Gasteiger partial charge is 0.335 e. The number of rotatable bonds is 7.